The van der Waals surface area contributed by atoms with Crippen molar-refractivity contribution >= 4 is 10.1 Å². The normalized spacial score (nSPS) is 15.7. The Labute approximate surface area is 223 Å². The van der Waals surface area contributed by atoms with Gasteiger partial charge in [-0.3, -0.25) is 4.18 Å². The lowest BCUT2D eigenvalue weighted by Gasteiger charge is -2.32. The second-order valence-electron chi connectivity index (χ2n) is 8.75. The fourth-order valence-corrected chi connectivity index (χ4v) is 4.53. The Kier molecular flexibility index (Phi) is 11.0. The summed E-state index contributed by atoms with van der Waals surface area (Å²) in [6.07, 6.45) is -2.19. The largest absolute Gasteiger partial charge is 0.388 e. The summed E-state index contributed by atoms with van der Waals surface area (Å²) in [5.41, 5.74) is 2.41. The van der Waals surface area contributed by atoms with Gasteiger partial charge in [-0.25, -0.2) is 0 Å². The Balaban J connectivity index is 1.72. The minimum atomic E-state index is -4.20. The van der Waals surface area contributed by atoms with E-state index in [2.05, 4.69) is 5.92 Å². The first-order valence-electron chi connectivity index (χ1n) is 12.0. The second-order valence-corrected chi connectivity index (χ2v) is 10.4. The van der Waals surface area contributed by atoms with E-state index < -0.39 is 47.2 Å². The van der Waals surface area contributed by atoms with Gasteiger partial charge in [0.15, 0.2) is 0 Å². The van der Waals surface area contributed by atoms with Gasteiger partial charge in [-0.05, 0) is 30.2 Å². The highest BCUT2D eigenvalue weighted by Gasteiger charge is 2.38. The van der Waals surface area contributed by atoms with Crippen molar-refractivity contribution in [1.82, 2.24) is 0 Å². The number of aliphatic hydroxyl groups is 3. The molecule has 5 atom stereocenters. The molecule has 0 heterocycles. The van der Waals surface area contributed by atoms with Crippen LogP contribution in [-0.4, -0.2) is 60.9 Å². The molecule has 0 spiro atoms. The molecule has 0 bridgehead atoms. The fourth-order valence-electron chi connectivity index (χ4n) is 3.61. The maximum absolute atomic E-state index is 12.6. The molecule has 0 aromatic heterocycles. The molecule has 202 valence electrons. The van der Waals surface area contributed by atoms with Crippen LogP contribution in [0.5, 0.6) is 0 Å². The highest BCUT2D eigenvalue weighted by Crippen LogP contribution is 2.19. The van der Waals surface area contributed by atoms with Crippen LogP contribution in [0.1, 0.15) is 16.7 Å². The molecule has 3 N–H and O–H groups in total. The van der Waals surface area contributed by atoms with Crippen LogP contribution in [-0.2, 0) is 37.0 Å². The van der Waals surface area contributed by atoms with Crippen molar-refractivity contribution in [3.05, 3.63) is 102 Å². The average molecular weight is 541 g/mol. The number of aliphatic hydroxyl groups excluding tert-OH is 3. The van der Waals surface area contributed by atoms with Crippen molar-refractivity contribution in [3.8, 4) is 12.3 Å². The smallest absolute Gasteiger partial charge is 0.297 e. The summed E-state index contributed by atoms with van der Waals surface area (Å²) in [6, 6.07) is 24.1. The summed E-state index contributed by atoms with van der Waals surface area (Å²) in [5.74, 6) is 2.31. The monoisotopic (exact) mass is 540 g/mol. The van der Waals surface area contributed by atoms with Gasteiger partial charge in [-0.15, -0.1) is 6.42 Å². The van der Waals surface area contributed by atoms with Crippen LogP contribution in [0, 0.1) is 19.3 Å². The molecule has 0 radical (unpaired) electrons. The van der Waals surface area contributed by atoms with E-state index in [1.807, 2.05) is 43.3 Å². The van der Waals surface area contributed by atoms with Gasteiger partial charge in [0.1, 0.15) is 30.5 Å². The quantitative estimate of drug-likeness (QED) is 0.211. The summed E-state index contributed by atoms with van der Waals surface area (Å²) >= 11 is 0. The van der Waals surface area contributed by atoms with Crippen LogP contribution in [0.25, 0.3) is 0 Å². The number of hydrogen-bond donors (Lipinski definition) is 3. The molecule has 0 aliphatic heterocycles. The van der Waals surface area contributed by atoms with Gasteiger partial charge in [0.05, 0.1) is 24.7 Å². The number of terminal acetylenes is 1. The van der Waals surface area contributed by atoms with Crippen LogP contribution in [0.15, 0.2) is 89.8 Å². The first-order valence-corrected chi connectivity index (χ1v) is 13.4. The standard InChI is InChI=1S/C29H32O8S/c1-3-26(35-18-22-10-6-4-7-11-22)27(31)28(32)29(36-19-23-12-8-5-9-13-23)25(30)20-37-38(33,34)24-16-14-21(2)15-17-24/h1,4-17,25-32H,18-20H2,2H3/t25-,26-,27-,28-,29-/m1/s1. The number of rotatable bonds is 14. The number of ether oxygens (including phenoxy) is 2. The van der Waals surface area contributed by atoms with E-state index in [4.69, 9.17) is 20.1 Å². The summed E-state index contributed by atoms with van der Waals surface area (Å²) in [6.45, 7) is 1.12. The average Bonchev–Trinajstić information content (AvgIpc) is 2.93. The van der Waals surface area contributed by atoms with E-state index in [9.17, 15) is 23.7 Å². The zero-order chi connectivity index (χ0) is 27.5. The molecule has 3 aromatic rings. The minimum absolute atomic E-state index is 0.0390. The summed E-state index contributed by atoms with van der Waals surface area (Å²) in [7, 11) is -4.20. The zero-order valence-corrected chi connectivity index (χ0v) is 21.8. The first-order chi connectivity index (χ1) is 18.2. The molecule has 3 aromatic carbocycles. The number of benzene rings is 3. The van der Waals surface area contributed by atoms with Crippen molar-refractivity contribution in [1.29, 1.82) is 0 Å². The molecule has 0 saturated carbocycles. The molecule has 8 nitrogen and oxygen atoms in total. The van der Waals surface area contributed by atoms with Crippen LogP contribution in [0.3, 0.4) is 0 Å². The van der Waals surface area contributed by atoms with E-state index >= 15 is 0 Å². The minimum Gasteiger partial charge on any atom is -0.388 e. The maximum atomic E-state index is 12.6. The summed E-state index contributed by atoms with van der Waals surface area (Å²) in [5, 5.41) is 32.7. The van der Waals surface area contributed by atoms with Crippen LogP contribution in [0.4, 0.5) is 0 Å². The zero-order valence-electron chi connectivity index (χ0n) is 21.0. The summed E-state index contributed by atoms with van der Waals surface area (Å²) < 4.78 is 41.6. The van der Waals surface area contributed by atoms with Crippen molar-refractivity contribution < 1.29 is 37.4 Å². The van der Waals surface area contributed by atoms with Crippen molar-refractivity contribution in [2.24, 2.45) is 0 Å². The van der Waals surface area contributed by atoms with Crippen LogP contribution < -0.4 is 0 Å². The molecule has 38 heavy (non-hydrogen) atoms. The van der Waals surface area contributed by atoms with Crippen molar-refractivity contribution in [2.75, 3.05) is 6.61 Å². The van der Waals surface area contributed by atoms with E-state index in [0.29, 0.717) is 0 Å². The third-order valence-electron chi connectivity index (χ3n) is 5.80. The lowest BCUT2D eigenvalue weighted by atomic mass is 9.99. The molecule has 0 saturated heterocycles. The predicted octanol–water partition coefficient (Wildman–Crippen LogP) is 2.59. The Morgan fingerprint density at radius 3 is 1.84 bits per heavy atom. The van der Waals surface area contributed by atoms with E-state index in [1.54, 1.807) is 36.4 Å². The highest BCUT2D eigenvalue weighted by atomic mass is 32.2. The van der Waals surface area contributed by atoms with Gasteiger partial charge in [-0.2, -0.15) is 8.42 Å². The van der Waals surface area contributed by atoms with Gasteiger partial charge >= 0.3 is 0 Å². The SMILES string of the molecule is C#C[C@@H](OCc1ccccc1)[C@@H](O)[C@@H](O)[C@H](OCc1ccccc1)[C@H](O)COS(=O)(=O)c1ccc(C)cc1. The Bertz CT molecular complexity index is 1260. The molecular weight excluding hydrogens is 508 g/mol. The molecular formula is C29H32O8S. The third kappa shape index (κ3) is 8.48. The van der Waals surface area contributed by atoms with Crippen LogP contribution >= 0.6 is 0 Å². The van der Waals surface area contributed by atoms with Gasteiger partial charge in [0.2, 0.25) is 0 Å². The van der Waals surface area contributed by atoms with E-state index in [0.717, 1.165) is 16.7 Å². The predicted molar refractivity (Wildman–Crippen MR) is 141 cm³/mol. The fraction of sp³-hybridized carbons (Fsp3) is 0.310. The molecule has 9 heteroatoms. The van der Waals surface area contributed by atoms with Gasteiger partial charge < -0.3 is 24.8 Å². The van der Waals surface area contributed by atoms with Gasteiger partial charge in [-0.1, -0.05) is 84.3 Å². The number of aryl methyl sites for hydroxylation is 1. The van der Waals surface area contributed by atoms with Gasteiger partial charge in [0.25, 0.3) is 10.1 Å². The van der Waals surface area contributed by atoms with E-state index in [1.165, 1.54) is 12.1 Å². The highest BCUT2D eigenvalue weighted by molar-refractivity contribution is 7.86. The molecule has 0 aliphatic rings. The molecule has 0 aliphatic carbocycles. The Morgan fingerprint density at radius 2 is 1.32 bits per heavy atom. The number of hydrogen-bond acceptors (Lipinski definition) is 8. The lowest BCUT2D eigenvalue weighted by Crippen LogP contribution is -2.51. The molecule has 0 fully saturated rings. The maximum Gasteiger partial charge on any atom is 0.297 e. The van der Waals surface area contributed by atoms with Gasteiger partial charge in [0, 0.05) is 0 Å². The Hall–Kier alpha value is -3.07. The van der Waals surface area contributed by atoms with E-state index in [-0.39, 0.29) is 18.1 Å². The molecule has 3 rings (SSSR count). The van der Waals surface area contributed by atoms with Crippen molar-refractivity contribution in [3.63, 3.8) is 0 Å². The molecule has 0 unspecified atom stereocenters. The first kappa shape index (κ1) is 29.5. The molecule has 0 amide bonds. The van der Waals surface area contributed by atoms with Crippen LogP contribution in [0.2, 0.25) is 0 Å². The van der Waals surface area contributed by atoms with Crippen molar-refractivity contribution in [2.45, 2.75) is 55.6 Å². The third-order valence-corrected chi connectivity index (χ3v) is 7.10. The topological polar surface area (TPSA) is 123 Å². The second kappa shape index (κ2) is 14.2. The lowest BCUT2D eigenvalue weighted by molar-refractivity contribution is -0.164. The Morgan fingerprint density at radius 1 is 0.789 bits per heavy atom. The summed E-state index contributed by atoms with van der Waals surface area (Å²) in [4.78, 5) is -0.0839.